The van der Waals surface area contributed by atoms with Crippen LogP contribution >= 0.6 is 0 Å². The van der Waals surface area contributed by atoms with Crippen LogP contribution in [-0.4, -0.2) is 22.3 Å². The van der Waals surface area contributed by atoms with Gasteiger partial charge in [-0.25, -0.2) is 5.43 Å². The average Bonchev–Trinajstić information content (AvgIpc) is 3.27. The first-order valence-electron chi connectivity index (χ1n) is 7.38. The second-order valence-electron chi connectivity index (χ2n) is 5.13. The summed E-state index contributed by atoms with van der Waals surface area (Å²) in [6.07, 6.45) is 6.46. The first kappa shape index (κ1) is 15.5. The van der Waals surface area contributed by atoms with Gasteiger partial charge in [0.15, 0.2) is 0 Å². The monoisotopic (exact) mass is 320 g/mol. The van der Waals surface area contributed by atoms with Crippen LogP contribution in [0.4, 0.5) is 0 Å². The fraction of sp³-hybridized carbons (Fsp3) is 0.0556. The highest BCUT2D eigenvalue weighted by molar-refractivity contribution is 5.93. The average molecular weight is 320 g/mol. The van der Waals surface area contributed by atoms with Gasteiger partial charge < -0.3 is 4.42 Å². The minimum Gasteiger partial charge on any atom is -0.465 e. The van der Waals surface area contributed by atoms with Crippen molar-refractivity contribution in [3.8, 4) is 11.3 Å². The number of carbonyl (C=O) groups excluding carboxylic acids is 1. The smallest absolute Gasteiger partial charge is 0.289 e. The zero-order valence-corrected chi connectivity index (χ0v) is 13.1. The number of amides is 1. The van der Waals surface area contributed by atoms with E-state index in [2.05, 4.69) is 20.7 Å². The molecular weight excluding hydrogens is 304 g/mol. The molecule has 24 heavy (non-hydrogen) atoms. The van der Waals surface area contributed by atoms with E-state index >= 15 is 0 Å². The van der Waals surface area contributed by atoms with E-state index in [-0.39, 0.29) is 5.91 Å². The number of rotatable bonds is 5. The van der Waals surface area contributed by atoms with E-state index in [1.807, 2.05) is 37.3 Å². The molecular formula is C18H16N4O2. The first-order valence-corrected chi connectivity index (χ1v) is 7.38. The molecule has 2 aromatic heterocycles. The SMILES string of the molecule is Cc1ccc(-c2cc(C(=O)N/N=C/C=C/c3ccco3)[nH]n2)cc1. The van der Waals surface area contributed by atoms with Crippen LogP contribution in [0.3, 0.4) is 0 Å². The Morgan fingerprint density at radius 3 is 2.88 bits per heavy atom. The van der Waals surface area contributed by atoms with Crippen molar-refractivity contribution in [1.29, 1.82) is 0 Å². The highest BCUT2D eigenvalue weighted by Crippen LogP contribution is 2.18. The molecule has 0 radical (unpaired) electrons. The summed E-state index contributed by atoms with van der Waals surface area (Å²) in [4.78, 5) is 12.0. The summed E-state index contributed by atoms with van der Waals surface area (Å²) < 4.78 is 5.13. The van der Waals surface area contributed by atoms with Crippen molar-refractivity contribution in [3.05, 3.63) is 71.8 Å². The van der Waals surface area contributed by atoms with Gasteiger partial charge in [0.05, 0.1) is 12.0 Å². The quantitative estimate of drug-likeness (QED) is 0.558. The number of aromatic nitrogens is 2. The van der Waals surface area contributed by atoms with Crippen molar-refractivity contribution in [3.63, 3.8) is 0 Å². The molecule has 0 spiro atoms. The Hall–Kier alpha value is -3.41. The Balaban J connectivity index is 1.58. The molecule has 0 saturated carbocycles. The van der Waals surface area contributed by atoms with E-state index in [9.17, 15) is 4.79 Å². The van der Waals surface area contributed by atoms with Gasteiger partial charge in [0.1, 0.15) is 11.5 Å². The third-order valence-corrected chi connectivity index (χ3v) is 3.30. The Morgan fingerprint density at radius 1 is 1.29 bits per heavy atom. The van der Waals surface area contributed by atoms with Gasteiger partial charge in [0.25, 0.3) is 5.91 Å². The number of aromatic amines is 1. The van der Waals surface area contributed by atoms with Gasteiger partial charge in [-0.2, -0.15) is 10.2 Å². The molecule has 0 bridgehead atoms. The van der Waals surface area contributed by atoms with Crippen LogP contribution < -0.4 is 5.43 Å². The molecule has 1 amide bonds. The van der Waals surface area contributed by atoms with Gasteiger partial charge in [0.2, 0.25) is 0 Å². The van der Waals surface area contributed by atoms with Crippen molar-refractivity contribution in [1.82, 2.24) is 15.6 Å². The maximum atomic E-state index is 12.0. The van der Waals surface area contributed by atoms with Crippen LogP contribution in [0.25, 0.3) is 17.3 Å². The highest BCUT2D eigenvalue weighted by atomic mass is 16.3. The number of allylic oxidation sites excluding steroid dienone is 1. The maximum Gasteiger partial charge on any atom is 0.289 e. The van der Waals surface area contributed by atoms with Crippen LogP contribution in [0.2, 0.25) is 0 Å². The Bertz CT molecular complexity index is 859. The lowest BCUT2D eigenvalue weighted by Crippen LogP contribution is -2.17. The van der Waals surface area contributed by atoms with Crippen LogP contribution in [0.1, 0.15) is 21.8 Å². The number of aryl methyl sites for hydroxylation is 1. The maximum absolute atomic E-state index is 12.0. The van der Waals surface area contributed by atoms with Crippen LogP contribution in [0, 0.1) is 6.92 Å². The molecule has 0 unspecified atom stereocenters. The second-order valence-corrected chi connectivity index (χ2v) is 5.13. The standard InChI is InChI=1S/C18H16N4O2/c1-13-6-8-14(9-7-13)16-12-17(21-20-16)18(23)22-19-10-2-4-15-5-3-11-24-15/h2-12H,1H3,(H,20,21)(H,22,23)/b4-2+,19-10+. The van der Waals surface area contributed by atoms with Crippen molar-refractivity contribution in [2.75, 3.05) is 0 Å². The summed E-state index contributed by atoms with van der Waals surface area (Å²) >= 11 is 0. The molecule has 6 nitrogen and oxygen atoms in total. The largest absolute Gasteiger partial charge is 0.465 e. The molecule has 2 heterocycles. The number of hydrazone groups is 1. The van der Waals surface area contributed by atoms with Gasteiger partial charge >= 0.3 is 0 Å². The molecule has 1 aromatic carbocycles. The third kappa shape index (κ3) is 3.86. The van der Waals surface area contributed by atoms with Gasteiger partial charge in [0, 0.05) is 11.8 Å². The normalized spacial score (nSPS) is 11.4. The summed E-state index contributed by atoms with van der Waals surface area (Å²) in [6.45, 7) is 2.02. The fourth-order valence-electron chi connectivity index (χ4n) is 2.03. The van der Waals surface area contributed by atoms with E-state index in [1.165, 1.54) is 11.8 Å². The number of nitrogens with one attached hydrogen (secondary N) is 2. The van der Waals surface area contributed by atoms with E-state index in [0.717, 1.165) is 5.56 Å². The molecule has 0 aliphatic rings. The Labute approximate surface area is 138 Å². The minimum atomic E-state index is -0.358. The number of nitrogens with zero attached hydrogens (tertiary/aromatic N) is 2. The van der Waals surface area contributed by atoms with Gasteiger partial charge in [-0.05, 0) is 37.3 Å². The lowest BCUT2D eigenvalue weighted by Gasteiger charge is -1.96. The first-order chi connectivity index (χ1) is 11.7. The molecule has 0 atom stereocenters. The number of carbonyl (C=O) groups is 1. The molecule has 120 valence electrons. The van der Waals surface area contributed by atoms with Crippen LogP contribution in [0.5, 0.6) is 0 Å². The lowest BCUT2D eigenvalue weighted by molar-refractivity contribution is 0.0950. The molecule has 3 aromatic rings. The zero-order valence-electron chi connectivity index (χ0n) is 13.1. The van der Waals surface area contributed by atoms with E-state index in [0.29, 0.717) is 17.1 Å². The minimum absolute atomic E-state index is 0.345. The van der Waals surface area contributed by atoms with Crippen LogP contribution in [-0.2, 0) is 0 Å². The van der Waals surface area contributed by atoms with Crippen molar-refractivity contribution in [2.45, 2.75) is 6.92 Å². The van der Waals surface area contributed by atoms with E-state index in [1.54, 1.807) is 30.5 Å². The topological polar surface area (TPSA) is 83.3 Å². The number of benzene rings is 1. The zero-order chi connectivity index (χ0) is 16.8. The molecule has 0 saturated heterocycles. The fourth-order valence-corrected chi connectivity index (χ4v) is 2.03. The third-order valence-electron chi connectivity index (χ3n) is 3.30. The second kappa shape index (κ2) is 7.23. The van der Waals surface area contributed by atoms with Gasteiger partial charge in [-0.3, -0.25) is 9.89 Å². The molecule has 0 fully saturated rings. The van der Waals surface area contributed by atoms with E-state index in [4.69, 9.17) is 4.42 Å². The van der Waals surface area contributed by atoms with Crippen molar-refractivity contribution in [2.24, 2.45) is 5.10 Å². The predicted molar refractivity (Wildman–Crippen MR) is 92.5 cm³/mol. The Morgan fingerprint density at radius 2 is 2.12 bits per heavy atom. The Kier molecular flexibility index (Phi) is 4.67. The molecule has 2 N–H and O–H groups in total. The van der Waals surface area contributed by atoms with Gasteiger partial charge in [-0.15, -0.1) is 0 Å². The van der Waals surface area contributed by atoms with E-state index < -0.39 is 0 Å². The lowest BCUT2D eigenvalue weighted by atomic mass is 10.1. The van der Waals surface area contributed by atoms with Crippen molar-refractivity contribution < 1.29 is 9.21 Å². The molecule has 0 aliphatic heterocycles. The summed E-state index contributed by atoms with van der Waals surface area (Å²) in [5, 5.41) is 10.7. The summed E-state index contributed by atoms with van der Waals surface area (Å²) in [5.41, 5.74) is 5.60. The van der Waals surface area contributed by atoms with Gasteiger partial charge in [-0.1, -0.05) is 29.8 Å². The molecule has 3 rings (SSSR count). The summed E-state index contributed by atoms with van der Waals surface area (Å²) in [7, 11) is 0. The highest BCUT2D eigenvalue weighted by Gasteiger charge is 2.10. The molecule has 0 aliphatic carbocycles. The van der Waals surface area contributed by atoms with Crippen LogP contribution in [0.15, 0.2) is 64.3 Å². The summed E-state index contributed by atoms with van der Waals surface area (Å²) in [5.74, 6) is 0.354. The van der Waals surface area contributed by atoms with Crippen molar-refractivity contribution >= 4 is 18.2 Å². The number of furan rings is 1. The number of H-pyrrole nitrogens is 1. The number of hydrogen-bond donors (Lipinski definition) is 2. The summed E-state index contributed by atoms with van der Waals surface area (Å²) in [6, 6.07) is 13.2. The molecule has 6 heteroatoms. The number of hydrogen-bond acceptors (Lipinski definition) is 4. The predicted octanol–water partition coefficient (Wildman–Crippen LogP) is 3.41.